The minimum Gasteiger partial charge on any atom is -0.462 e. The first-order valence-corrected chi connectivity index (χ1v) is 7.42. The fourth-order valence-corrected chi connectivity index (χ4v) is 2.54. The molecule has 0 aliphatic carbocycles. The molecule has 0 saturated carbocycles. The van der Waals surface area contributed by atoms with Crippen molar-refractivity contribution in [3.05, 3.63) is 16.0 Å². The number of carbonyl (C=O) groups is 2. The number of anilines is 1. The fourth-order valence-electron chi connectivity index (χ4n) is 1.58. The van der Waals surface area contributed by atoms with Gasteiger partial charge in [-0.2, -0.15) is 0 Å². The van der Waals surface area contributed by atoms with Crippen molar-refractivity contribution in [2.75, 3.05) is 32.7 Å². The Kier molecular flexibility index (Phi) is 6.64. The molecule has 1 aromatic heterocycles. The molecule has 0 aromatic carbocycles. The molecule has 7 heteroatoms. The molecule has 1 rings (SSSR count). The average Bonchev–Trinajstić information content (AvgIpc) is 2.71. The highest BCUT2D eigenvalue weighted by atomic mass is 32.1. The Morgan fingerprint density at radius 1 is 1.19 bits per heavy atom. The largest absolute Gasteiger partial charge is 0.462 e. The van der Waals surface area contributed by atoms with Crippen molar-refractivity contribution < 1.29 is 23.8 Å². The average molecular weight is 315 g/mol. The van der Waals surface area contributed by atoms with Crippen molar-refractivity contribution in [2.24, 2.45) is 5.92 Å². The lowest BCUT2D eigenvalue weighted by molar-refractivity contribution is 0.0393. The van der Waals surface area contributed by atoms with Crippen LogP contribution >= 0.6 is 11.3 Å². The molecule has 6 nitrogen and oxygen atoms in total. The number of hydrogen-bond donors (Lipinski definition) is 1. The molecule has 2 N–H and O–H groups in total. The van der Waals surface area contributed by atoms with Gasteiger partial charge >= 0.3 is 11.9 Å². The summed E-state index contributed by atoms with van der Waals surface area (Å²) in [7, 11) is 1.52. The molecule has 1 aromatic rings. The van der Waals surface area contributed by atoms with Gasteiger partial charge in [-0.3, -0.25) is 0 Å². The molecule has 0 aliphatic rings. The molecule has 0 amide bonds. The number of methoxy groups -OCH3 is 1. The summed E-state index contributed by atoms with van der Waals surface area (Å²) in [6.07, 6.45) is 0. The van der Waals surface area contributed by atoms with E-state index in [1.807, 2.05) is 13.8 Å². The van der Waals surface area contributed by atoms with Crippen LogP contribution in [-0.4, -0.2) is 38.9 Å². The van der Waals surface area contributed by atoms with Crippen LogP contribution in [0.25, 0.3) is 0 Å². The third-order valence-corrected chi connectivity index (χ3v) is 3.73. The number of thiophene rings is 1. The van der Waals surface area contributed by atoms with Gasteiger partial charge in [-0.15, -0.1) is 11.3 Å². The Balaban J connectivity index is 2.84. The molecule has 1 heterocycles. The first-order chi connectivity index (χ1) is 9.88. The normalized spacial score (nSPS) is 10.7. The number of carbonyl (C=O) groups excluding carboxylic acids is 2. The van der Waals surface area contributed by atoms with E-state index in [1.165, 1.54) is 7.11 Å². The molecule has 0 bridgehead atoms. The zero-order valence-electron chi connectivity index (χ0n) is 12.7. The number of nitrogens with two attached hydrogens (primary N) is 1. The predicted octanol–water partition coefficient (Wildman–Crippen LogP) is 2.25. The molecule has 0 spiro atoms. The van der Waals surface area contributed by atoms with Crippen LogP contribution in [0, 0.1) is 12.8 Å². The highest BCUT2D eigenvalue weighted by molar-refractivity contribution is 7.18. The van der Waals surface area contributed by atoms with Gasteiger partial charge in [0.1, 0.15) is 16.5 Å². The van der Waals surface area contributed by atoms with Gasteiger partial charge in [0.2, 0.25) is 0 Å². The summed E-state index contributed by atoms with van der Waals surface area (Å²) in [6.45, 7) is 6.31. The quantitative estimate of drug-likeness (QED) is 0.613. The number of ether oxygens (including phenoxy) is 3. The van der Waals surface area contributed by atoms with Crippen molar-refractivity contribution in [1.82, 2.24) is 0 Å². The molecule has 0 atom stereocenters. The number of nitrogen functional groups attached to an aromatic ring is 1. The van der Waals surface area contributed by atoms with Crippen LogP contribution in [0.3, 0.4) is 0 Å². The topological polar surface area (TPSA) is 87.9 Å². The van der Waals surface area contributed by atoms with E-state index >= 15 is 0 Å². The van der Waals surface area contributed by atoms with E-state index in [4.69, 9.17) is 19.9 Å². The van der Waals surface area contributed by atoms with Crippen LogP contribution < -0.4 is 5.73 Å². The second kappa shape index (κ2) is 7.99. The summed E-state index contributed by atoms with van der Waals surface area (Å²) >= 11 is 1.03. The van der Waals surface area contributed by atoms with Gasteiger partial charge in [-0.25, -0.2) is 9.59 Å². The van der Waals surface area contributed by atoms with E-state index in [-0.39, 0.29) is 23.1 Å². The highest BCUT2D eigenvalue weighted by Crippen LogP contribution is 2.31. The Labute approximate surface area is 128 Å². The van der Waals surface area contributed by atoms with Gasteiger partial charge in [0.15, 0.2) is 0 Å². The standard InChI is InChI=1S/C14H21NO5S/c1-8(2)7-20-13(16)10-9(3)11(21-12(10)15)14(17)19-6-5-18-4/h8H,5-7,15H2,1-4H3. The maximum Gasteiger partial charge on any atom is 0.348 e. The van der Waals surface area contributed by atoms with Gasteiger partial charge in [0, 0.05) is 7.11 Å². The zero-order chi connectivity index (χ0) is 16.0. The summed E-state index contributed by atoms with van der Waals surface area (Å²) < 4.78 is 15.0. The Bertz CT molecular complexity index is 510. The third-order valence-electron chi connectivity index (χ3n) is 2.63. The summed E-state index contributed by atoms with van der Waals surface area (Å²) in [5.74, 6) is -0.789. The summed E-state index contributed by atoms with van der Waals surface area (Å²) in [6, 6.07) is 0. The summed E-state index contributed by atoms with van der Waals surface area (Å²) in [5, 5.41) is 0.264. The molecule has 0 fully saturated rings. The van der Waals surface area contributed by atoms with E-state index in [1.54, 1.807) is 6.92 Å². The smallest absolute Gasteiger partial charge is 0.348 e. The minimum atomic E-state index is -0.510. The number of esters is 2. The minimum absolute atomic E-state index is 0.152. The Morgan fingerprint density at radius 3 is 2.43 bits per heavy atom. The Hall–Kier alpha value is -1.60. The van der Waals surface area contributed by atoms with Crippen molar-refractivity contribution in [2.45, 2.75) is 20.8 Å². The van der Waals surface area contributed by atoms with Crippen LogP contribution in [0.1, 0.15) is 39.4 Å². The van der Waals surface area contributed by atoms with Crippen LogP contribution in [-0.2, 0) is 14.2 Å². The van der Waals surface area contributed by atoms with Gasteiger partial charge in [-0.1, -0.05) is 13.8 Å². The number of rotatable bonds is 7. The second-order valence-electron chi connectivity index (χ2n) is 4.92. The lowest BCUT2D eigenvalue weighted by Crippen LogP contribution is -2.13. The highest BCUT2D eigenvalue weighted by Gasteiger charge is 2.25. The molecular weight excluding hydrogens is 294 g/mol. The summed E-state index contributed by atoms with van der Waals surface area (Å²) in [5.41, 5.74) is 6.57. The van der Waals surface area contributed by atoms with E-state index in [2.05, 4.69) is 0 Å². The molecule has 0 saturated heterocycles. The molecule has 118 valence electrons. The van der Waals surface area contributed by atoms with Gasteiger partial charge in [-0.05, 0) is 18.4 Å². The lowest BCUT2D eigenvalue weighted by Gasteiger charge is -2.07. The maximum atomic E-state index is 12.0. The molecule has 0 unspecified atom stereocenters. The van der Waals surface area contributed by atoms with E-state index in [0.29, 0.717) is 23.7 Å². The first kappa shape index (κ1) is 17.5. The third kappa shape index (κ3) is 4.71. The molecule has 21 heavy (non-hydrogen) atoms. The molecule has 0 radical (unpaired) electrons. The van der Waals surface area contributed by atoms with Crippen LogP contribution in [0.15, 0.2) is 0 Å². The summed E-state index contributed by atoms with van der Waals surface area (Å²) in [4.78, 5) is 24.3. The molecule has 0 aliphatic heterocycles. The van der Waals surface area contributed by atoms with E-state index < -0.39 is 11.9 Å². The Morgan fingerprint density at radius 2 is 1.86 bits per heavy atom. The van der Waals surface area contributed by atoms with Crippen LogP contribution in [0.5, 0.6) is 0 Å². The van der Waals surface area contributed by atoms with Crippen molar-refractivity contribution in [3.8, 4) is 0 Å². The van der Waals surface area contributed by atoms with E-state index in [9.17, 15) is 9.59 Å². The van der Waals surface area contributed by atoms with Crippen LogP contribution in [0.2, 0.25) is 0 Å². The maximum absolute atomic E-state index is 12.0. The lowest BCUT2D eigenvalue weighted by atomic mass is 10.1. The van der Waals surface area contributed by atoms with Gasteiger partial charge in [0.25, 0.3) is 0 Å². The predicted molar refractivity (Wildman–Crippen MR) is 80.7 cm³/mol. The van der Waals surface area contributed by atoms with Gasteiger partial charge in [0.05, 0.1) is 18.8 Å². The van der Waals surface area contributed by atoms with Crippen molar-refractivity contribution in [1.29, 1.82) is 0 Å². The van der Waals surface area contributed by atoms with Crippen molar-refractivity contribution in [3.63, 3.8) is 0 Å². The number of hydrogen-bond acceptors (Lipinski definition) is 7. The first-order valence-electron chi connectivity index (χ1n) is 6.60. The second-order valence-corrected chi connectivity index (χ2v) is 5.97. The SMILES string of the molecule is COCCOC(=O)c1sc(N)c(C(=O)OCC(C)C)c1C. The van der Waals surface area contributed by atoms with Gasteiger partial charge < -0.3 is 19.9 Å². The van der Waals surface area contributed by atoms with Crippen molar-refractivity contribution >= 4 is 28.3 Å². The molecular formula is C14H21NO5S. The zero-order valence-corrected chi connectivity index (χ0v) is 13.5. The monoisotopic (exact) mass is 315 g/mol. The van der Waals surface area contributed by atoms with Crippen LogP contribution in [0.4, 0.5) is 5.00 Å². The fraction of sp³-hybridized carbons (Fsp3) is 0.571. The van der Waals surface area contributed by atoms with E-state index in [0.717, 1.165) is 11.3 Å².